The van der Waals surface area contributed by atoms with E-state index in [1.165, 1.54) is 12.8 Å². The van der Waals surface area contributed by atoms with E-state index in [1.807, 2.05) is 42.5 Å². The maximum Gasteiger partial charge on any atom is 0.260 e. The molecule has 1 aliphatic rings. The standard InChI is InChI=1S/C15H13N3O/c1-2-4-10(5-3-1)14-12-8-9-13(16-11-6-7-11)17-15(12)19-18-14/h1-5,8-9,11H,6-7H2,(H,16,17). The van der Waals surface area contributed by atoms with Crippen molar-refractivity contribution in [2.45, 2.75) is 18.9 Å². The van der Waals surface area contributed by atoms with Crippen LogP contribution in [-0.2, 0) is 0 Å². The van der Waals surface area contributed by atoms with Gasteiger partial charge in [-0.05, 0) is 25.0 Å². The number of nitrogens with one attached hydrogen (secondary N) is 1. The van der Waals surface area contributed by atoms with E-state index in [9.17, 15) is 0 Å². The lowest BCUT2D eigenvalue weighted by Gasteiger charge is -2.01. The first-order chi connectivity index (χ1) is 9.40. The summed E-state index contributed by atoms with van der Waals surface area (Å²) in [6.45, 7) is 0. The highest BCUT2D eigenvalue weighted by atomic mass is 16.5. The van der Waals surface area contributed by atoms with E-state index < -0.39 is 0 Å². The number of anilines is 1. The molecule has 1 aliphatic carbocycles. The molecular formula is C15H13N3O. The van der Waals surface area contributed by atoms with Gasteiger partial charge in [0.15, 0.2) is 0 Å². The SMILES string of the molecule is c1ccc(-c2noc3nc(NC4CC4)ccc23)cc1. The molecule has 4 rings (SSSR count). The van der Waals surface area contributed by atoms with Crippen molar-refractivity contribution in [1.82, 2.24) is 10.1 Å². The smallest absolute Gasteiger partial charge is 0.260 e. The predicted molar refractivity (Wildman–Crippen MR) is 73.9 cm³/mol. The molecule has 3 aromatic rings. The number of hydrogen-bond donors (Lipinski definition) is 1. The van der Waals surface area contributed by atoms with Gasteiger partial charge in [0.2, 0.25) is 0 Å². The monoisotopic (exact) mass is 251 g/mol. The first kappa shape index (κ1) is 10.6. The molecule has 0 atom stereocenters. The van der Waals surface area contributed by atoms with Crippen LogP contribution in [0, 0.1) is 0 Å². The van der Waals surface area contributed by atoms with Crippen molar-refractivity contribution >= 4 is 16.9 Å². The van der Waals surface area contributed by atoms with Crippen molar-refractivity contribution in [3.05, 3.63) is 42.5 Å². The molecule has 0 unspecified atom stereocenters. The van der Waals surface area contributed by atoms with Crippen molar-refractivity contribution in [1.29, 1.82) is 0 Å². The van der Waals surface area contributed by atoms with Gasteiger partial charge in [-0.15, -0.1) is 0 Å². The van der Waals surface area contributed by atoms with Gasteiger partial charge in [-0.2, -0.15) is 4.98 Å². The van der Waals surface area contributed by atoms with E-state index in [4.69, 9.17) is 4.52 Å². The molecule has 2 aromatic heterocycles. The molecule has 2 heterocycles. The fourth-order valence-corrected chi connectivity index (χ4v) is 2.15. The van der Waals surface area contributed by atoms with E-state index in [1.54, 1.807) is 0 Å². The minimum atomic E-state index is 0.585. The fourth-order valence-electron chi connectivity index (χ4n) is 2.15. The molecular weight excluding hydrogens is 238 g/mol. The predicted octanol–water partition coefficient (Wildman–Crippen LogP) is 3.46. The van der Waals surface area contributed by atoms with Gasteiger partial charge in [0, 0.05) is 11.6 Å². The molecule has 0 amide bonds. The van der Waals surface area contributed by atoms with Gasteiger partial charge in [-0.3, -0.25) is 0 Å². The van der Waals surface area contributed by atoms with Crippen LogP contribution in [0.5, 0.6) is 0 Å². The van der Waals surface area contributed by atoms with Crippen LogP contribution in [-0.4, -0.2) is 16.2 Å². The Morgan fingerprint density at radius 2 is 1.89 bits per heavy atom. The zero-order valence-electron chi connectivity index (χ0n) is 10.3. The zero-order chi connectivity index (χ0) is 12.7. The Hall–Kier alpha value is -2.36. The highest BCUT2D eigenvalue weighted by molar-refractivity contribution is 5.90. The van der Waals surface area contributed by atoms with Crippen LogP contribution in [0.1, 0.15) is 12.8 Å². The van der Waals surface area contributed by atoms with Gasteiger partial charge in [0.05, 0.1) is 5.39 Å². The number of nitrogens with zero attached hydrogens (tertiary/aromatic N) is 2. The van der Waals surface area contributed by atoms with Gasteiger partial charge in [0.25, 0.3) is 5.71 Å². The molecule has 1 N–H and O–H groups in total. The maximum absolute atomic E-state index is 5.34. The third-order valence-electron chi connectivity index (χ3n) is 3.32. The molecule has 0 saturated heterocycles. The summed E-state index contributed by atoms with van der Waals surface area (Å²) in [6, 6.07) is 14.6. The molecule has 4 nitrogen and oxygen atoms in total. The highest BCUT2D eigenvalue weighted by Crippen LogP contribution is 2.29. The Labute approximate surface area is 110 Å². The normalized spacial score (nSPS) is 14.7. The number of aromatic nitrogens is 2. The van der Waals surface area contributed by atoms with E-state index in [2.05, 4.69) is 15.5 Å². The van der Waals surface area contributed by atoms with Crippen LogP contribution in [0.3, 0.4) is 0 Å². The van der Waals surface area contributed by atoms with Gasteiger partial charge in [0.1, 0.15) is 11.5 Å². The summed E-state index contributed by atoms with van der Waals surface area (Å²) in [5.74, 6) is 0.866. The van der Waals surface area contributed by atoms with E-state index in [-0.39, 0.29) is 0 Å². The molecule has 0 radical (unpaired) electrons. The van der Waals surface area contributed by atoms with Crippen LogP contribution in [0.15, 0.2) is 47.0 Å². The lowest BCUT2D eigenvalue weighted by Crippen LogP contribution is -2.02. The second-order valence-electron chi connectivity index (χ2n) is 4.87. The summed E-state index contributed by atoms with van der Waals surface area (Å²) >= 11 is 0. The molecule has 94 valence electrons. The van der Waals surface area contributed by atoms with E-state index in [0.717, 1.165) is 22.5 Å². The minimum absolute atomic E-state index is 0.585. The van der Waals surface area contributed by atoms with Crippen molar-refractivity contribution in [3.8, 4) is 11.3 Å². The second kappa shape index (κ2) is 4.09. The van der Waals surface area contributed by atoms with E-state index >= 15 is 0 Å². The lowest BCUT2D eigenvalue weighted by atomic mass is 10.1. The topological polar surface area (TPSA) is 51.0 Å². The Kier molecular flexibility index (Phi) is 2.27. The Morgan fingerprint density at radius 1 is 1.05 bits per heavy atom. The molecule has 0 bridgehead atoms. The van der Waals surface area contributed by atoms with E-state index in [0.29, 0.717) is 11.8 Å². The van der Waals surface area contributed by atoms with Gasteiger partial charge in [-0.25, -0.2) is 0 Å². The Balaban J connectivity index is 1.77. The second-order valence-corrected chi connectivity index (χ2v) is 4.87. The van der Waals surface area contributed by atoms with Crippen molar-refractivity contribution in [2.75, 3.05) is 5.32 Å². The van der Waals surface area contributed by atoms with Gasteiger partial charge >= 0.3 is 0 Å². The summed E-state index contributed by atoms with van der Waals surface area (Å²) in [5, 5.41) is 8.45. The number of hydrogen-bond acceptors (Lipinski definition) is 4. The van der Waals surface area contributed by atoms with Crippen molar-refractivity contribution in [2.24, 2.45) is 0 Å². The molecule has 1 aromatic carbocycles. The summed E-state index contributed by atoms with van der Waals surface area (Å²) < 4.78 is 5.34. The van der Waals surface area contributed by atoms with Crippen molar-refractivity contribution < 1.29 is 4.52 Å². The molecule has 19 heavy (non-hydrogen) atoms. The lowest BCUT2D eigenvalue weighted by molar-refractivity contribution is 0.452. The third-order valence-corrected chi connectivity index (χ3v) is 3.32. The Bertz CT molecular complexity index is 717. The largest absolute Gasteiger partial charge is 0.367 e. The van der Waals surface area contributed by atoms with Crippen LogP contribution in [0.2, 0.25) is 0 Å². The molecule has 1 saturated carbocycles. The zero-order valence-corrected chi connectivity index (χ0v) is 10.3. The average Bonchev–Trinajstić information content (AvgIpc) is 3.17. The Morgan fingerprint density at radius 3 is 2.68 bits per heavy atom. The number of fused-ring (bicyclic) bond motifs is 1. The van der Waals surface area contributed by atoms with Crippen LogP contribution < -0.4 is 5.32 Å². The summed E-state index contributed by atoms with van der Waals surface area (Å²) in [6.07, 6.45) is 2.46. The third kappa shape index (κ3) is 1.95. The first-order valence-corrected chi connectivity index (χ1v) is 6.48. The number of rotatable bonds is 3. The molecule has 0 aliphatic heterocycles. The molecule has 4 heteroatoms. The van der Waals surface area contributed by atoms with Gasteiger partial charge < -0.3 is 9.84 Å². The summed E-state index contributed by atoms with van der Waals surface area (Å²) in [4.78, 5) is 4.46. The summed E-state index contributed by atoms with van der Waals surface area (Å²) in [7, 11) is 0. The summed E-state index contributed by atoms with van der Waals surface area (Å²) in [5.41, 5.74) is 2.48. The minimum Gasteiger partial charge on any atom is -0.367 e. The molecule has 0 spiro atoms. The van der Waals surface area contributed by atoms with Crippen LogP contribution >= 0.6 is 0 Å². The highest BCUT2D eigenvalue weighted by Gasteiger charge is 2.21. The molecule has 1 fully saturated rings. The average molecular weight is 251 g/mol. The maximum atomic E-state index is 5.34. The number of benzene rings is 1. The van der Waals surface area contributed by atoms with Gasteiger partial charge in [-0.1, -0.05) is 35.5 Å². The fraction of sp³-hybridized carbons (Fsp3) is 0.200. The van der Waals surface area contributed by atoms with Crippen LogP contribution in [0.4, 0.5) is 5.82 Å². The quantitative estimate of drug-likeness (QED) is 0.774. The number of pyridine rings is 1. The van der Waals surface area contributed by atoms with Crippen molar-refractivity contribution in [3.63, 3.8) is 0 Å². The van der Waals surface area contributed by atoms with Crippen LogP contribution in [0.25, 0.3) is 22.4 Å². The first-order valence-electron chi connectivity index (χ1n) is 6.48.